The SMILES string of the molecule is CCCc1nccn1-c1ncccc1C(=O)OCC. The molecule has 5 nitrogen and oxygen atoms in total. The molecule has 2 aromatic rings. The second-order valence-corrected chi connectivity index (χ2v) is 4.06. The number of aromatic nitrogens is 3. The van der Waals surface area contributed by atoms with Crippen LogP contribution >= 0.6 is 0 Å². The molecule has 0 spiro atoms. The zero-order valence-electron chi connectivity index (χ0n) is 11.2. The van der Waals surface area contributed by atoms with Crippen LogP contribution in [0.25, 0.3) is 5.82 Å². The summed E-state index contributed by atoms with van der Waals surface area (Å²) in [4.78, 5) is 20.5. The van der Waals surface area contributed by atoms with Gasteiger partial charge in [0.05, 0.1) is 6.61 Å². The third-order valence-corrected chi connectivity index (χ3v) is 2.70. The van der Waals surface area contributed by atoms with Gasteiger partial charge in [0.25, 0.3) is 0 Å². The van der Waals surface area contributed by atoms with Gasteiger partial charge in [-0.1, -0.05) is 6.92 Å². The lowest BCUT2D eigenvalue weighted by molar-refractivity contribution is 0.0526. The molecule has 100 valence electrons. The summed E-state index contributed by atoms with van der Waals surface area (Å²) in [7, 11) is 0. The van der Waals surface area contributed by atoms with E-state index in [1.165, 1.54) is 0 Å². The molecule has 0 unspecified atom stereocenters. The van der Waals surface area contributed by atoms with Crippen LogP contribution in [0.4, 0.5) is 0 Å². The van der Waals surface area contributed by atoms with Crippen LogP contribution in [0.3, 0.4) is 0 Å². The highest BCUT2D eigenvalue weighted by Gasteiger charge is 2.16. The molecule has 0 aliphatic heterocycles. The Balaban J connectivity index is 2.44. The monoisotopic (exact) mass is 259 g/mol. The maximum Gasteiger partial charge on any atom is 0.341 e. The van der Waals surface area contributed by atoms with E-state index in [0.29, 0.717) is 18.0 Å². The van der Waals surface area contributed by atoms with Crippen molar-refractivity contribution in [1.29, 1.82) is 0 Å². The van der Waals surface area contributed by atoms with Gasteiger partial charge in [-0.25, -0.2) is 14.8 Å². The Hall–Kier alpha value is -2.17. The van der Waals surface area contributed by atoms with E-state index >= 15 is 0 Å². The zero-order valence-corrected chi connectivity index (χ0v) is 11.2. The van der Waals surface area contributed by atoms with Crippen LogP contribution in [0.5, 0.6) is 0 Å². The van der Waals surface area contributed by atoms with Crippen molar-refractivity contribution >= 4 is 5.97 Å². The summed E-state index contributed by atoms with van der Waals surface area (Å²) in [5.41, 5.74) is 0.458. The van der Waals surface area contributed by atoms with Crippen molar-refractivity contribution in [3.63, 3.8) is 0 Å². The Labute approximate surface area is 112 Å². The molecule has 0 aliphatic carbocycles. The molecule has 19 heavy (non-hydrogen) atoms. The minimum atomic E-state index is -0.359. The largest absolute Gasteiger partial charge is 0.462 e. The Kier molecular flexibility index (Phi) is 4.28. The second-order valence-electron chi connectivity index (χ2n) is 4.06. The molecule has 0 saturated heterocycles. The topological polar surface area (TPSA) is 57.0 Å². The van der Waals surface area contributed by atoms with Crippen LogP contribution in [0, 0.1) is 0 Å². The summed E-state index contributed by atoms with van der Waals surface area (Å²) in [6.45, 7) is 4.22. The molecular formula is C14H17N3O2. The highest BCUT2D eigenvalue weighted by molar-refractivity contribution is 5.92. The molecule has 0 atom stereocenters. The van der Waals surface area contributed by atoms with Crippen LogP contribution in [0.15, 0.2) is 30.7 Å². The molecule has 0 fully saturated rings. The van der Waals surface area contributed by atoms with Crippen LogP contribution < -0.4 is 0 Å². The number of carbonyl (C=O) groups excluding carboxylic acids is 1. The van der Waals surface area contributed by atoms with Gasteiger partial charge >= 0.3 is 5.97 Å². The highest BCUT2D eigenvalue weighted by atomic mass is 16.5. The van der Waals surface area contributed by atoms with Gasteiger partial charge < -0.3 is 4.74 Å². The first kappa shape index (κ1) is 13.3. The van der Waals surface area contributed by atoms with Gasteiger partial charge in [0.2, 0.25) is 0 Å². The van der Waals surface area contributed by atoms with E-state index in [1.807, 2.05) is 10.8 Å². The maximum absolute atomic E-state index is 11.9. The Bertz CT molecular complexity index is 563. The molecule has 0 saturated carbocycles. The summed E-state index contributed by atoms with van der Waals surface area (Å²) in [6.07, 6.45) is 7.02. The quantitative estimate of drug-likeness (QED) is 0.774. The first-order chi connectivity index (χ1) is 9.27. The number of hydrogen-bond donors (Lipinski definition) is 0. The number of esters is 1. The predicted molar refractivity (Wildman–Crippen MR) is 71.3 cm³/mol. The summed E-state index contributed by atoms with van der Waals surface area (Å²) in [5, 5.41) is 0. The first-order valence-corrected chi connectivity index (χ1v) is 6.42. The van der Waals surface area contributed by atoms with E-state index in [-0.39, 0.29) is 5.97 Å². The number of imidazole rings is 1. The fourth-order valence-electron chi connectivity index (χ4n) is 1.89. The van der Waals surface area contributed by atoms with Gasteiger partial charge in [-0.05, 0) is 25.5 Å². The highest BCUT2D eigenvalue weighted by Crippen LogP contribution is 2.15. The molecule has 0 N–H and O–H groups in total. The van der Waals surface area contributed by atoms with E-state index in [1.54, 1.807) is 31.5 Å². The summed E-state index contributed by atoms with van der Waals surface area (Å²) in [5.74, 6) is 1.11. The number of pyridine rings is 1. The molecule has 0 radical (unpaired) electrons. The minimum absolute atomic E-state index is 0.346. The summed E-state index contributed by atoms with van der Waals surface area (Å²) >= 11 is 0. The van der Waals surface area contributed by atoms with Gasteiger partial charge in [-0.3, -0.25) is 4.57 Å². The van der Waals surface area contributed by atoms with Gasteiger partial charge in [-0.15, -0.1) is 0 Å². The van der Waals surface area contributed by atoms with Crippen molar-refractivity contribution in [2.45, 2.75) is 26.7 Å². The van der Waals surface area contributed by atoms with E-state index in [4.69, 9.17) is 4.74 Å². The fraction of sp³-hybridized carbons (Fsp3) is 0.357. The van der Waals surface area contributed by atoms with E-state index < -0.39 is 0 Å². The van der Waals surface area contributed by atoms with Crippen molar-refractivity contribution in [2.75, 3.05) is 6.61 Å². The van der Waals surface area contributed by atoms with Gasteiger partial charge in [-0.2, -0.15) is 0 Å². The smallest absolute Gasteiger partial charge is 0.341 e. The van der Waals surface area contributed by atoms with Crippen molar-refractivity contribution in [2.24, 2.45) is 0 Å². The zero-order chi connectivity index (χ0) is 13.7. The number of carbonyl (C=O) groups is 1. The lowest BCUT2D eigenvalue weighted by Gasteiger charge is -2.10. The molecule has 0 aromatic carbocycles. The predicted octanol–water partition coefficient (Wildman–Crippen LogP) is 2.40. The molecular weight excluding hydrogens is 242 g/mol. The number of rotatable bonds is 5. The van der Waals surface area contributed by atoms with Crippen molar-refractivity contribution < 1.29 is 9.53 Å². The van der Waals surface area contributed by atoms with E-state index in [2.05, 4.69) is 16.9 Å². The average molecular weight is 259 g/mol. The minimum Gasteiger partial charge on any atom is -0.462 e. The molecule has 2 aromatic heterocycles. The van der Waals surface area contributed by atoms with Crippen molar-refractivity contribution in [3.05, 3.63) is 42.1 Å². The van der Waals surface area contributed by atoms with Crippen molar-refractivity contribution in [3.8, 4) is 5.82 Å². The van der Waals surface area contributed by atoms with Gasteiger partial charge in [0.1, 0.15) is 11.4 Å². The molecule has 0 amide bonds. The maximum atomic E-state index is 11.9. The van der Waals surface area contributed by atoms with E-state index in [0.717, 1.165) is 18.7 Å². The average Bonchev–Trinajstić information content (AvgIpc) is 2.87. The third-order valence-electron chi connectivity index (χ3n) is 2.70. The number of aryl methyl sites for hydroxylation is 1. The van der Waals surface area contributed by atoms with Crippen LogP contribution in [-0.4, -0.2) is 27.1 Å². The number of hydrogen-bond acceptors (Lipinski definition) is 4. The molecule has 2 rings (SSSR count). The van der Waals surface area contributed by atoms with Gasteiger partial charge in [0, 0.05) is 25.0 Å². The summed E-state index contributed by atoms with van der Waals surface area (Å²) < 4.78 is 6.90. The fourth-order valence-corrected chi connectivity index (χ4v) is 1.89. The lowest BCUT2D eigenvalue weighted by Crippen LogP contribution is -2.12. The summed E-state index contributed by atoms with van der Waals surface area (Å²) in [6, 6.07) is 3.45. The normalized spacial score (nSPS) is 10.4. The Morgan fingerprint density at radius 2 is 2.16 bits per heavy atom. The van der Waals surface area contributed by atoms with Crippen LogP contribution in [0.2, 0.25) is 0 Å². The van der Waals surface area contributed by atoms with Crippen molar-refractivity contribution in [1.82, 2.24) is 14.5 Å². The van der Waals surface area contributed by atoms with Crippen LogP contribution in [0.1, 0.15) is 36.5 Å². The number of nitrogens with zero attached hydrogens (tertiary/aromatic N) is 3. The Morgan fingerprint density at radius 3 is 2.89 bits per heavy atom. The van der Waals surface area contributed by atoms with Crippen LogP contribution in [-0.2, 0) is 11.2 Å². The van der Waals surface area contributed by atoms with E-state index in [9.17, 15) is 4.79 Å². The first-order valence-electron chi connectivity index (χ1n) is 6.42. The molecule has 0 bridgehead atoms. The third kappa shape index (κ3) is 2.81. The second kappa shape index (κ2) is 6.13. The standard InChI is InChI=1S/C14H17N3O2/c1-3-6-12-15-9-10-17(12)13-11(7-5-8-16-13)14(18)19-4-2/h5,7-10H,3-4,6H2,1-2H3. The number of ether oxygens (including phenoxy) is 1. The Morgan fingerprint density at radius 1 is 1.32 bits per heavy atom. The molecule has 5 heteroatoms. The lowest BCUT2D eigenvalue weighted by atomic mass is 10.2. The van der Waals surface area contributed by atoms with Gasteiger partial charge in [0.15, 0.2) is 5.82 Å². The molecule has 2 heterocycles. The molecule has 0 aliphatic rings.